The summed E-state index contributed by atoms with van der Waals surface area (Å²) in [7, 11) is 0. The van der Waals surface area contributed by atoms with Crippen molar-refractivity contribution in [2.24, 2.45) is 27.4 Å². The molecular formula is C19H19F3N6O2. The third kappa shape index (κ3) is 4.00. The van der Waals surface area contributed by atoms with E-state index in [4.69, 9.17) is 16.2 Å². The molecule has 1 aromatic heterocycles. The quantitative estimate of drug-likeness (QED) is 0.579. The minimum absolute atomic E-state index is 0.0787. The standard InChI is InChI=1S/C19H19F3N6O2/c20-19(21,22)8-25-17(26-9-23)14-7-28-3-4-30-15-5-10(12-6-13(12)16(24)29)1-2-11(15)18(28)27-14/h1-2,5,7,9,12-13H,3-4,6,8H2,(H2,24,29)(H2,23,25,26). The summed E-state index contributed by atoms with van der Waals surface area (Å²) < 4.78 is 45.3. The minimum Gasteiger partial charge on any atom is -0.491 e. The molecule has 1 aliphatic heterocycles. The van der Waals surface area contributed by atoms with Gasteiger partial charge in [-0.15, -0.1) is 0 Å². The minimum atomic E-state index is -4.46. The number of benzene rings is 1. The molecule has 0 spiro atoms. The molecule has 1 aromatic carbocycles. The summed E-state index contributed by atoms with van der Waals surface area (Å²) in [6.45, 7) is -0.593. The zero-order valence-electron chi connectivity index (χ0n) is 15.8. The number of aliphatic imine (C=N–C) groups is 2. The monoisotopic (exact) mass is 420 g/mol. The molecule has 4 N–H and O–H groups in total. The van der Waals surface area contributed by atoms with Crippen molar-refractivity contribution in [2.75, 3.05) is 13.2 Å². The van der Waals surface area contributed by atoms with E-state index in [1.54, 1.807) is 10.8 Å². The van der Waals surface area contributed by atoms with Gasteiger partial charge in [-0.3, -0.25) is 9.79 Å². The molecule has 2 aliphatic rings. The fourth-order valence-electron chi connectivity index (χ4n) is 3.54. The number of halogens is 3. The van der Waals surface area contributed by atoms with Crippen LogP contribution in [-0.4, -0.2) is 47.0 Å². The van der Waals surface area contributed by atoms with Crippen molar-refractivity contribution in [1.82, 2.24) is 9.55 Å². The Hall–Kier alpha value is -3.37. The summed E-state index contributed by atoms with van der Waals surface area (Å²) in [5.41, 5.74) is 12.5. The number of hydrogen-bond acceptors (Lipinski definition) is 4. The second kappa shape index (κ2) is 7.47. The number of alkyl halides is 3. The number of amides is 1. The van der Waals surface area contributed by atoms with E-state index in [0.717, 1.165) is 11.9 Å². The number of amidine groups is 1. The van der Waals surface area contributed by atoms with Crippen LogP contribution in [0.25, 0.3) is 11.4 Å². The van der Waals surface area contributed by atoms with Gasteiger partial charge >= 0.3 is 6.18 Å². The number of rotatable bonds is 4. The lowest BCUT2D eigenvalue weighted by molar-refractivity contribution is -0.119. The predicted octanol–water partition coefficient (Wildman–Crippen LogP) is 1.83. The molecule has 158 valence electrons. The Morgan fingerprint density at radius 3 is 2.87 bits per heavy atom. The number of fused-ring (bicyclic) bond motifs is 3. The number of carbonyl (C=O) groups excluding carboxylic acids is 1. The zero-order chi connectivity index (χ0) is 21.5. The molecule has 2 heterocycles. The molecule has 0 radical (unpaired) electrons. The van der Waals surface area contributed by atoms with Crippen molar-refractivity contribution < 1.29 is 22.7 Å². The molecule has 8 nitrogen and oxygen atoms in total. The van der Waals surface area contributed by atoms with Gasteiger partial charge in [-0.05, 0) is 30.0 Å². The van der Waals surface area contributed by atoms with Crippen LogP contribution in [0.1, 0.15) is 23.6 Å². The second-order valence-electron chi connectivity index (χ2n) is 7.13. The van der Waals surface area contributed by atoms with Gasteiger partial charge < -0.3 is 20.8 Å². The fourth-order valence-corrected chi connectivity index (χ4v) is 3.54. The third-order valence-electron chi connectivity index (χ3n) is 5.03. The molecule has 1 fully saturated rings. The van der Waals surface area contributed by atoms with Crippen LogP contribution in [-0.2, 0) is 11.3 Å². The SMILES string of the molecule is NC=NC(=NCC(F)(F)F)c1cn2c(n1)-c1ccc(C3CC3C(N)=O)cc1OCC2. The number of aromatic nitrogens is 2. The molecule has 1 amide bonds. The molecule has 4 rings (SSSR count). The summed E-state index contributed by atoms with van der Waals surface area (Å²) in [4.78, 5) is 23.1. The molecule has 0 bridgehead atoms. The van der Waals surface area contributed by atoms with Crippen LogP contribution < -0.4 is 16.2 Å². The van der Waals surface area contributed by atoms with Gasteiger partial charge in [0.25, 0.3) is 0 Å². The van der Waals surface area contributed by atoms with Crippen molar-refractivity contribution in [3.8, 4) is 17.1 Å². The Labute approximate surface area is 169 Å². The highest BCUT2D eigenvalue weighted by atomic mass is 19.4. The van der Waals surface area contributed by atoms with E-state index in [1.165, 1.54) is 0 Å². The smallest absolute Gasteiger partial charge is 0.408 e. The summed E-state index contributed by atoms with van der Waals surface area (Å²) in [5, 5.41) is 0. The first-order chi connectivity index (χ1) is 14.3. The fraction of sp³-hybridized carbons (Fsp3) is 0.368. The number of ether oxygens (including phenoxy) is 1. The van der Waals surface area contributed by atoms with Crippen LogP contribution in [0.5, 0.6) is 5.75 Å². The van der Waals surface area contributed by atoms with Crippen LogP contribution in [0.15, 0.2) is 34.4 Å². The van der Waals surface area contributed by atoms with E-state index in [2.05, 4.69) is 15.0 Å². The van der Waals surface area contributed by atoms with E-state index in [0.29, 0.717) is 36.7 Å². The lowest BCUT2D eigenvalue weighted by atomic mass is 10.0. The average Bonchev–Trinajstić information content (AvgIpc) is 3.42. The summed E-state index contributed by atoms with van der Waals surface area (Å²) in [5.74, 6) is 0.519. The molecule has 2 atom stereocenters. The van der Waals surface area contributed by atoms with Crippen LogP contribution in [0.2, 0.25) is 0 Å². The molecule has 30 heavy (non-hydrogen) atoms. The summed E-state index contributed by atoms with van der Waals surface area (Å²) >= 11 is 0. The topological polar surface area (TPSA) is 121 Å². The van der Waals surface area contributed by atoms with Crippen LogP contribution >= 0.6 is 0 Å². The average molecular weight is 420 g/mol. The van der Waals surface area contributed by atoms with E-state index in [1.807, 2.05) is 18.2 Å². The molecule has 2 unspecified atom stereocenters. The first-order valence-corrected chi connectivity index (χ1v) is 9.26. The molecule has 0 saturated heterocycles. The number of hydrogen-bond donors (Lipinski definition) is 2. The van der Waals surface area contributed by atoms with Gasteiger partial charge in [-0.25, -0.2) is 9.98 Å². The number of imidazole rings is 1. The van der Waals surface area contributed by atoms with E-state index in [9.17, 15) is 18.0 Å². The maximum absolute atomic E-state index is 12.6. The van der Waals surface area contributed by atoms with Gasteiger partial charge in [-0.2, -0.15) is 13.2 Å². The first kappa shape index (κ1) is 19.9. The molecule has 1 saturated carbocycles. The second-order valence-corrected chi connectivity index (χ2v) is 7.13. The summed E-state index contributed by atoms with van der Waals surface area (Å²) in [6.07, 6.45) is -1.29. The van der Waals surface area contributed by atoms with Gasteiger partial charge in [0.1, 0.15) is 30.4 Å². The molecule has 11 heteroatoms. The number of primary amides is 1. The Morgan fingerprint density at radius 1 is 1.40 bits per heavy atom. The van der Waals surface area contributed by atoms with Gasteiger partial charge in [0.2, 0.25) is 5.91 Å². The maximum Gasteiger partial charge on any atom is 0.408 e. The first-order valence-electron chi connectivity index (χ1n) is 9.26. The van der Waals surface area contributed by atoms with E-state index in [-0.39, 0.29) is 29.3 Å². The van der Waals surface area contributed by atoms with Crippen molar-refractivity contribution in [3.63, 3.8) is 0 Å². The highest BCUT2D eigenvalue weighted by Crippen LogP contribution is 2.49. The Bertz CT molecular complexity index is 1040. The lowest BCUT2D eigenvalue weighted by Gasteiger charge is -2.09. The Balaban J connectivity index is 1.68. The highest BCUT2D eigenvalue weighted by molar-refractivity contribution is 6.01. The molecule has 1 aliphatic carbocycles. The predicted molar refractivity (Wildman–Crippen MR) is 103 cm³/mol. The van der Waals surface area contributed by atoms with Crippen LogP contribution in [0.3, 0.4) is 0 Å². The molecule has 2 aromatic rings. The van der Waals surface area contributed by atoms with E-state index < -0.39 is 12.7 Å². The van der Waals surface area contributed by atoms with Gasteiger partial charge in [-0.1, -0.05) is 6.07 Å². The van der Waals surface area contributed by atoms with Crippen molar-refractivity contribution in [3.05, 3.63) is 35.7 Å². The van der Waals surface area contributed by atoms with E-state index >= 15 is 0 Å². The van der Waals surface area contributed by atoms with Crippen molar-refractivity contribution in [1.29, 1.82) is 0 Å². The number of nitrogens with two attached hydrogens (primary N) is 2. The lowest BCUT2D eigenvalue weighted by Crippen LogP contribution is -2.14. The maximum atomic E-state index is 12.6. The van der Waals surface area contributed by atoms with Crippen LogP contribution in [0.4, 0.5) is 13.2 Å². The molecular weight excluding hydrogens is 401 g/mol. The highest BCUT2D eigenvalue weighted by Gasteiger charge is 2.43. The zero-order valence-corrected chi connectivity index (χ0v) is 15.8. The largest absolute Gasteiger partial charge is 0.491 e. The van der Waals surface area contributed by atoms with Crippen LogP contribution in [0, 0.1) is 5.92 Å². The van der Waals surface area contributed by atoms with Gasteiger partial charge in [0.05, 0.1) is 18.4 Å². The number of nitrogens with zero attached hydrogens (tertiary/aromatic N) is 4. The normalized spacial score (nSPS) is 21.0. The van der Waals surface area contributed by atoms with Gasteiger partial charge in [0, 0.05) is 12.1 Å². The Morgan fingerprint density at radius 2 is 2.20 bits per heavy atom. The van der Waals surface area contributed by atoms with Gasteiger partial charge in [0.15, 0.2) is 5.84 Å². The van der Waals surface area contributed by atoms with Crippen molar-refractivity contribution in [2.45, 2.75) is 25.1 Å². The number of carbonyl (C=O) groups is 1. The third-order valence-corrected chi connectivity index (χ3v) is 5.03. The Kier molecular flexibility index (Phi) is 4.96. The summed E-state index contributed by atoms with van der Waals surface area (Å²) in [6, 6.07) is 5.58. The van der Waals surface area contributed by atoms with Crippen molar-refractivity contribution >= 4 is 18.1 Å².